The summed E-state index contributed by atoms with van der Waals surface area (Å²) in [6.07, 6.45) is 3.56. The van der Waals surface area contributed by atoms with Crippen molar-refractivity contribution in [3.05, 3.63) is 47.9 Å². The SMILES string of the molecule is CN1C=C[C@@H](c2ccc(F)cc2)NC1=O. The maximum Gasteiger partial charge on any atom is 0.321 e. The Balaban J connectivity index is 2.22. The van der Waals surface area contributed by atoms with E-state index in [0.717, 1.165) is 5.56 Å². The van der Waals surface area contributed by atoms with Gasteiger partial charge in [-0.15, -0.1) is 0 Å². The van der Waals surface area contributed by atoms with E-state index in [9.17, 15) is 9.18 Å². The van der Waals surface area contributed by atoms with Crippen molar-refractivity contribution >= 4 is 6.03 Å². The van der Waals surface area contributed by atoms with Crippen LogP contribution in [0.1, 0.15) is 11.6 Å². The predicted octanol–water partition coefficient (Wildman–Crippen LogP) is 2.04. The minimum Gasteiger partial charge on any atom is -0.327 e. The van der Waals surface area contributed by atoms with Gasteiger partial charge >= 0.3 is 6.03 Å². The molecule has 78 valence electrons. The fourth-order valence-corrected chi connectivity index (χ4v) is 1.43. The lowest BCUT2D eigenvalue weighted by atomic mass is 10.1. The molecular formula is C11H11FN2O. The number of halogens is 1. The topological polar surface area (TPSA) is 32.3 Å². The number of hydrogen-bond donors (Lipinski definition) is 1. The third kappa shape index (κ3) is 1.98. The molecule has 0 saturated carbocycles. The monoisotopic (exact) mass is 206 g/mol. The highest BCUT2D eigenvalue weighted by Crippen LogP contribution is 2.18. The predicted molar refractivity (Wildman–Crippen MR) is 54.6 cm³/mol. The maximum absolute atomic E-state index is 12.7. The molecule has 0 saturated heterocycles. The van der Waals surface area contributed by atoms with E-state index in [-0.39, 0.29) is 17.9 Å². The summed E-state index contributed by atoms with van der Waals surface area (Å²) in [5, 5.41) is 2.78. The van der Waals surface area contributed by atoms with Gasteiger partial charge in [-0.2, -0.15) is 0 Å². The summed E-state index contributed by atoms with van der Waals surface area (Å²) in [6, 6.07) is 5.76. The van der Waals surface area contributed by atoms with Crippen LogP contribution >= 0.6 is 0 Å². The molecule has 2 rings (SSSR count). The molecule has 1 heterocycles. The molecule has 0 unspecified atom stereocenters. The van der Waals surface area contributed by atoms with Crippen LogP contribution < -0.4 is 5.32 Å². The second kappa shape index (κ2) is 3.73. The smallest absolute Gasteiger partial charge is 0.321 e. The number of hydrogen-bond acceptors (Lipinski definition) is 1. The number of carbonyl (C=O) groups is 1. The Morgan fingerprint density at radius 1 is 1.33 bits per heavy atom. The maximum atomic E-state index is 12.7. The van der Waals surface area contributed by atoms with Gasteiger partial charge in [0.15, 0.2) is 0 Å². The zero-order valence-corrected chi connectivity index (χ0v) is 8.27. The van der Waals surface area contributed by atoms with Crippen LogP contribution in [-0.4, -0.2) is 18.0 Å². The quantitative estimate of drug-likeness (QED) is 0.749. The van der Waals surface area contributed by atoms with E-state index in [4.69, 9.17) is 0 Å². The minimum absolute atomic E-state index is 0.160. The molecule has 1 aromatic carbocycles. The molecule has 0 aromatic heterocycles. The Kier molecular flexibility index (Phi) is 2.41. The Hall–Kier alpha value is -1.84. The van der Waals surface area contributed by atoms with Crippen LogP contribution in [0.3, 0.4) is 0 Å². The molecule has 0 radical (unpaired) electrons. The normalized spacial score (nSPS) is 20.3. The van der Waals surface area contributed by atoms with E-state index in [2.05, 4.69) is 5.32 Å². The highest BCUT2D eigenvalue weighted by atomic mass is 19.1. The molecule has 3 nitrogen and oxygen atoms in total. The molecule has 0 spiro atoms. The van der Waals surface area contributed by atoms with Crippen LogP contribution in [0.4, 0.5) is 9.18 Å². The number of nitrogens with zero attached hydrogens (tertiary/aromatic N) is 1. The van der Waals surface area contributed by atoms with Crippen molar-refractivity contribution in [1.29, 1.82) is 0 Å². The van der Waals surface area contributed by atoms with Gasteiger partial charge in [0.25, 0.3) is 0 Å². The van der Waals surface area contributed by atoms with E-state index in [0.29, 0.717) is 0 Å². The third-order valence-electron chi connectivity index (χ3n) is 2.33. The van der Waals surface area contributed by atoms with Gasteiger partial charge in [-0.05, 0) is 23.8 Å². The number of urea groups is 1. The van der Waals surface area contributed by atoms with Gasteiger partial charge in [0, 0.05) is 13.2 Å². The van der Waals surface area contributed by atoms with Crippen LogP contribution in [-0.2, 0) is 0 Å². The Morgan fingerprint density at radius 3 is 2.60 bits per heavy atom. The first kappa shape index (κ1) is 9.71. The Labute approximate surface area is 87.2 Å². The number of amides is 2. The van der Waals surface area contributed by atoms with Gasteiger partial charge in [0.05, 0.1) is 6.04 Å². The van der Waals surface area contributed by atoms with E-state index in [1.54, 1.807) is 25.4 Å². The van der Waals surface area contributed by atoms with E-state index in [1.165, 1.54) is 17.0 Å². The van der Waals surface area contributed by atoms with Gasteiger partial charge < -0.3 is 10.2 Å². The lowest BCUT2D eigenvalue weighted by Crippen LogP contribution is -2.39. The van der Waals surface area contributed by atoms with Crippen LogP contribution in [0, 0.1) is 5.82 Å². The van der Waals surface area contributed by atoms with Gasteiger partial charge in [-0.1, -0.05) is 12.1 Å². The number of nitrogens with one attached hydrogen (secondary N) is 1. The summed E-state index contributed by atoms with van der Waals surface area (Å²) < 4.78 is 12.7. The molecule has 1 aliphatic heterocycles. The summed E-state index contributed by atoms with van der Waals surface area (Å²) >= 11 is 0. The summed E-state index contributed by atoms with van der Waals surface area (Å²) in [5.74, 6) is -0.276. The van der Waals surface area contributed by atoms with Crippen LogP contribution in [0.15, 0.2) is 36.5 Å². The summed E-state index contributed by atoms with van der Waals surface area (Å²) in [7, 11) is 1.67. The number of benzene rings is 1. The molecule has 0 aliphatic carbocycles. The molecule has 4 heteroatoms. The molecule has 15 heavy (non-hydrogen) atoms. The van der Waals surface area contributed by atoms with Crippen LogP contribution in [0.2, 0.25) is 0 Å². The molecule has 1 N–H and O–H groups in total. The number of carbonyl (C=O) groups excluding carboxylic acids is 1. The van der Waals surface area contributed by atoms with Gasteiger partial charge in [0.2, 0.25) is 0 Å². The fraction of sp³-hybridized carbons (Fsp3) is 0.182. The fourth-order valence-electron chi connectivity index (χ4n) is 1.43. The first-order valence-electron chi connectivity index (χ1n) is 4.64. The molecule has 0 fully saturated rings. The van der Waals surface area contributed by atoms with Crippen LogP contribution in [0.25, 0.3) is 0 Å². The molecule has 1 aromatic rings. The molecule has 1 aliphatic rings. The second-order valence-electron chi connectivity index (χ2n) is 3.43. The van der Waals surface area contributed by atoms with Crippen molar-refractivity contribution in [2.24, 2.45) is 0 Å². The second-order valence-corrected chi connectivity index (χ2v) is 3.43. The summed E-state index contributed by atoms with van der Waals surface area (Å²) in [4.78, 5) is 12.8. The zero-order valence-electron chi connectivity index (χ0n) is 8.27. The molecular weight excluding hydrogens is 195 g/mol. The van der Waals surface area contributed by atoms with Crippen molar-refractivity contribution in [2.45, 2.75) is 6.04 Å². The molecule has 2 amide bonds. The lowest BCUT2D eigenvalue weighted by molar-refractivity contribution is 0.217. The van der Waals surface area contributed by atoms with Gasteiger partial charge in [0.1, 0.15) is 5.82 Å². The van der Waals surface area contributed by atoms with Gasteiger partial charge in [-0.25, -0.2) is 9.18 Å². The standard InChI is InChI=1S/C11H11FN2O/c1-14-7-6-10(13-11(14)15)8-2-4-9(12)5-3-8/h2-7,10H,1H3,(H,13,15)/t10-/m0/s1. The average molecular weight is 206 g/mol. The summed E-state index contributed by atoms with van der Waals surface area (Å²) in [5.41, 5.74) is 0.870. The summed E-state index contributed by atoms with van der Waals surface area (Å²) in [6.45, 7) is 0. The Morgan fingerprint density at radius 2 is 2.00 bits per heavy atom. The first-order chi connectivity index (χ1) is 7.16. The van der Waals surface area contributed by atoms with Crippen molar-refractivity contribution in [3.63, 3.8) is 0 Å². The first-order valence-corrected chi connectivity index (χ1v) is 4.64. The van der Waals surface area contributed by atoms with Gasteiger partial charge in [-0.3, -0.25) is 0 Å². The van der Waals surface area contributed by atoms with E-state index in [1.807, 2.05) is 6.08 Å². The molecule has 0 bridgehead atoms. The highest BCUT2D eigenvalue weighted by molar-refractivity contribution is 5.77. The largest absolute Gasteiger partial charge is 0.327 e. The van der Waals surface area contributed by atoms with Crippen molar-refractivity contribution in [2.75, 3.05) is 7.05 Å². The number of rotatable bonds is 1. The van der Waals surface area contributed by atoms with Crippen molar-refractivity contribution < 1.29 is 9.18 Å². The third-order valence-corrected chi connectivity index (χ3v) is 2.33. The highest BCUT2D eigenvalue weighted by Gasteiger charge is 2.18. The zero-order chi connectivity index (χ0) is 10.8. The average Bonchev–Trinajstić information content (AvgIpc) is 2.23. The van der Waals surface area contributed by atoms with Crippen molar-refractivity contribution in [1.82, 2.24) is 10.2 Å². The Bertz CT molecular complexity index is 400. The lowest BCUT2D eigenvalue weighted by Gasteiger charge is -2.24. The van der Waals surface area contributed by atoms with Crippen LogP contribution in [0.5, 0.6) is 0 Å². The van der Waals surface area contributed by atoms with Crippen molar-refractivity contribution in [3.8, 4) is 0 Å². The molecule has 1 atom stereocenters. The van der Waals surface area contributed by atoms with E-state index < -0.39 is 0 Å². The van der Waals surface area contributed by atoms with E-state index >= 15 is 0 Å². The minimum atomic E-state index is -0.276.